The maximum atomic E-state index is 6.47. The van der Waals surface area contributed by atoms with Gasteiger partial charge in [-0.1, -0.05) is 35.9 Å². The van der Waals surface area contributed by atoms with Crippen molar-refractivity contribution >= 4 is 17.3 Å². The molecule has 0 aliphatic carbocycles. The Morgan fingerprint density at radius 2 is 1.85 bits per heavy atom. The third kappa shape index (κ3) is 3.07. The Bertz CT molecular complexity index is 780. The molecule has 0 aromatic heterocycles. The van der Waals surface area contributed by atoms with Gasteiger partial charge in [-0.05, 0) is 29.8 Å². The van der Waals surface area contributed by atoms with Crippen LogP contribution in [-0.4, -0.2) is 50.4 Å². The zero-order valence-corrected chi connectivity index (χ0v) is 15.5. The summed E-state index contributed by atoms with van der Waals surface area (Å²) in [6.45, 7) is 6.89. The van der Waals surface area contributed by atoms with Crippen molar-refractivity contribution < 1.29 is 9.47 Å². The van der Waals surface area contributed by atoms with E-state index in [-0.39, 0.29) is 6.10 Å². The van der Waals surface area contributed by atoms with Gasteiger partial charge in [0.1, 0.15) is 11.9 Å². The van der Waals surface area contributed by atoms with Crippen LogP contribution in [0.2, 0.25) is 5.02 Å². The molecule has 0 atom stereocenters. The number of halogens is 1. The van der Waals surface area contributed by atoms with Gasteiger partial charge < -0.3 is 14.4 Å². The molecule has 3 heterocycles. The largest absolute Gasteiger partial charge is 0.485 e. The normalized spacial score (nSPS) is 21.8. The van der Waals surface area contributed by atoms with Crippen LogP contribution in [0.4, 0.5) is 5.69 Å². The molecule has 3 fully saturated rings. The Morgan fingerprint density at radius 1 is 1.08 bits per heavy atom. The fourth-order valence-corrected chi connectivity index (χ4v) is 4.37. The lowest BCUT2D eigenvalue weighted by molar-refractivity contribution is -0.191. The number of nitrogens with zero attached hydrogens (tertiary/aromatic N) is 2. The van der Waals surface area contributed by atoms with Crippen molar-refractivity contribution in [3.63, 3.8) is 0 Å². The maximum absolute atomic E-state index is 6.47. The topological polar surface area (TPSA) is 24.9 Å². The van der Waals surface area contributed by atoms with Crippen LogP contribution < -0.4 is 9.64 Å². The number of rotatable bonds is 5. The van der Waals surface area contributed by atoms with E-state index < -0.39 is 0 Å². The van der Waals surface area contributed by atoms with Gasteiger partial charge in [0.15, 0.2) is 0 Å². The van der Waals surface area contributed by atoms with Gasteiger partial charge in [0.2, 0.25) is 0 Å². The molecule has 0 unspecified atom stereocenters. The lowest BCUT2D eigenvalue weighted by Gasteiger charge is -2.55. The molecule has 0 radical (unpaired) electrons. The third-order valence-electron chi connectivity index (χ3n) is 5.60. The summed E-state index contributed by atoms with van der Waals surface area (Å²) in [6, 6.07) is 16.6. The fraction of sp³-hybridized carbons (Fsp3) is 0.429. The van der Waals surface area contributed by atoms with E-state index >= 15 is 0 Å². The average molecular weight is 371 g/mol. The minimum Gasteiger partial charge on any atom is -0.485 e. The predicted molar refractivity (Wildman–Crippen MR) is 103 cm³/mol. The van der Waals surface area contributed by atoms with E-state index in [1.807, 2.05) is 18.2 Å². The standard InChI is InChI=1S/C21H23ClN2O2/c22-19-8-16(9-23-12-21(13-23)14-25-15-21)6-7-20(19)26-18-10-24(11-18)17-4-2-1-3-5-17/h1-8,18H,9-15H2. The summed E-state index contributed by atoms with van der Waals surface area (Å²) in [5.41, 5.74) is 2.96. The van der Waals surface area contributed by atoms with Gasteiger partial charge in [-0.25, -0.2) is 0 Å². The van der Waals surface area contributed by atoms with E-state index in [0.717, 1.165) is 51.7 Å². The fourth-order valence-electron chi connectivity index (χ4n) is 4.13. The lowest BCUT2D eigenvalue weighted by Crippen LogP contribution is -2.65. The minimum absolute atomic E-state index is 0.201. The SMILES string of the molecule is Clc1cc(CN2CC3(COC3)C2)ccc1OC1CN(c2ccccc2)C1. The molecule has 0 N–H and O–H groups in total. The quantitative estimate of drug-likeness (QED) is 0.805. The molecule has 5 rings (SSSR count). The number of para-hydroxylation sites is 1. The van der Waals surface area contributed by atoms with Crippen LogP contribution >= 0.6 is 11.6 Å². The van der Waals surface area contributed by atoms with Gasteiger partial charge in [-0.15, -0.1) is 0 Å². The Labute approximate surface area is 159 Å². The lowest BCUT2D eigenvalue weighted by atomic mass is 9.78. The first kappa shape index (κ1) is 16.4. The van der Waals surface area contributed by atoms with Crippen molar-refractivity contribution in [3.8, 4) is 5.75 Å². The minimum atomic E-state index is 0.201. The highest BCUT2D eigenvalue weighted by Gasteiger charge is 2.48. The Balaban J connectivity index is 1.14. The summed E-state index contributed by atoms with van der Waals surface area (Å²) in [7, 11) is 0. The molecule has 136 valence electrons. The van der Waals surface area contributed by atoms with Gasteiger partial charge >= 0.3 is 0 Å². The summed E-state index contributed by atoms with van der Waals surface area (Å²) in [5.74, 6) is 0.792. The highest BCUT2D eigenvalue weighted by molar-refractivity contribution is 6.32. The summed E-state index contributed by atoms with van der Waals surface area (Å²) in [5, 5.41) is 0.711. The van der Waals surface area contributed by atoms with E-state index in [4.69, 9.17) is 21.1 Å². The van der Waals surface area contributed by atoms with Crippen LogP contribution in [0.25, 0.3) is 0 Å². The van der Waals surface area contributed by atoms with E-state index in [9.17, 15) is 0 Å². The van der Waals surface area contributed by atoms with Crippen LogP contribution in [0.1, 0.15) is 5.56 Å². The van der Waals surface area contributed by atoms with Crippen LogP contribution in [0.3, 0.4) is 0 Å². The first-order valence-electron chi connectivity index (χ1n) is 9.24. The molecule has 0 amide bonds. The van der Waals surface area contributed by atoms with E-state index in [1.165, 1.54) is 11.3 Å². The first-order chi connectivity index (χ1) is 12.7. The van der Waals surface area contributed by atoms with Crippen LogP contribution in [0, 0.1) is 5.41 Å². The van der Waals surface area contributed by atoms with Crippen molar-refractivity contribution in [2.24, 2.45) is 5.41 Å². The summed E-state index contributed by atoms with van der Waals surface area (Å²) in [4.78, 5) is 4.77. The third-order valence-corrected chi connectivity index (χ3v) is 5.90. The summed E-state index contributed by atoms with van der Waals surface area (Å²) in [6.07, 6.45) is 0.201. The van der Waals surface area contributed by atoms with Gasteiger partial charge in [0, 0.05) is 30.7 Å². The highest BCUT2D eigenvalue weighted by atomic mass is 35.5. The zero-order valence-electron chi connectivity index (χ0n) is 14.7. The zero-order chi connectivity index (χ0) is 17.6. The van der Waals surface area contributed by atoms with Crippen molar-refractivity contribution in [1.82, 2.24) is 4.90 Å². The number of benzene rings is 2. The molecule has 1 spiro atoms. The number of likely N-dealkylation sites (tertiary alicyclic amines) is 1. The van der Waals surface area contributed by atoms with Crippen molar-refractivity contribution in [1.29, 1.82) is 0 Å². The van der Waals surface area contributed by atoms with E-state index in [0.29, 0.717) is 10.4 Å². The summed E-state index contributed by atoms with van der Waals surface area (Å²) >= 11 is 6.47. The second-order valence-corrected chi connectivity index (χ2v) is 8.29. The van der Waals surface area contributed by atoms with Gasteiger partial charge in [-0.2, -0.15) is 0 Å². The molecule has 3 aliphatic rings. The second kappa shape index (κ2) is 6.45. The molecule has 5 heteroatoms. The van der Waals surface area contributed by atoms with Crippen molar-refractivity contribution in [2.45, 2.75) is 12.6 Å². The Hall–Kier alpha value is -1.75. The monoisotopic (exact) mass is 370 g/mol. The molecule has 0 bridgehead atoms. The molecule has 4 nitrogen and oxygen atoms in total. The molecule has 2 aromatic rings. The van der Waals surface area contributed by atoms with E-state index in [2.05, 4.69) is 40.1 Å². The maximum Gasteiger partial charge on any atom is 0.138 e. The molecule has 26 heavy (non-hydrogen) atoms. The van der Waals surface area contributed by atoms with Crippen molar-refractivity contribution in [3.05, 3.63) is 59.1 Å². The van der Waals surface area contributed by atoms with Crippen LogP contribution in [0.5, 0.6) is 5.75 Å². The molecule has 3 aliphatic heterocycles. The number of ether oxygens (including phenoxy) is 2. The number of hydrogen-bond acceptors (Lipinski definition) is 4. The van der Waals surface area contributed by atoms with Gasteiger partial charge in [0.25, 0.3) is 0 Å². The smallest absolute Gasteiger partial charge is 0.138 e. The molecule has 2 aromatic carbocycles. The predicted octanol–water partition coefficient (Wildman–Crippen LogP) is 3.44. The molecular formula is C21H23ClN2O2. The summed E-state index contributed by atoms with van der Waals surface area (Å²) < 4.78 is 11.4. The average Bonchev–Trinajstić information content (AvgIpc) is 2.54. The van der Waals surface area contributed by atoms with Gasteiger partial charge in [0.05, 0.1) is 31.3 Å². The van der Waals surface area contributed by atoms with Crippen molar-refractivity contribution in [2.75, 3.05) is 44.3 Å². The first-order valence-corrected chi connectivity index (χ1v) is 9.62. The number of hydrogen-bond donors (Lipinski definition) is 0. The molecular weight excluding hydrogens is 348 g/mol. The van der Waals surface area contributed by atoms with Gasteiger partial charge in [-0.3, -0.25) is 4.90 Å². The second-order valence-electron chi connectivity index (χ2n) is 7.88. The Kier molecular flexibility index (Phi) is 4.07. The number of anilines is 1. The highest BCUT2D eigenvalue weighted by Crippen LogP contribution is 2.38. The Morgan fingerprint density at radius 3 is 2.50 bits per heavy atom. The van der Waals surface area contributed by atoms with E-state index in [1.54, 1.807) is 0 Å². The molecule has 3 saturated heterocycles. The van der Waals surface area contributed by atoms with Crippen LogP contribution in [-0.2, 0) is 11.3 Å². The van der Waals surface area contributed by atoms with Crippen LogP contribution in [0.15, 0.2) is 48.5 Å². The molecule has 0 saturated carbocycles.